The molecule has 0 radical (unpaired) electrons. The molecule has 0 aliphatic carbocycles. The van der Waals surface area contributed by atoms with Gasteiger partial charge in [-0.15, -0.1) is 0 Å². The number of nitrogens with zero attached hydrogens (tertiary/aromatic N) is 1. The Bertz CT molecular complexity index is 1010. The van der Waals surface area contributed by atoms with Gasteiger partial charge in [0.1, 0.15) is 5.82 Å². The van der Waals surface area contributed by atoms with Crippen LogP contribution in [-0.4, -0.2) is 34.8 Å². The van der Waals surface area contributed by atoms with E-state index < -0.39 is 12.1 Å². The zero-order valence-corrected chi connectivity index (χ0v) is 15.9. The fraction of sp³-hybridized carbons (Fsp3) is 0.190. The number of pyridine rings is 1. The van der Waals surface area contributed by atoms with Crippen molar-refractivity contribution in [3.8, 4) is 0 Å². The molecule has 1 heterocycles. The van der Waals surface area contributed by atoms with Gasteiger partial charge in [0.2, 0.25) is 0 Å². The normalized spacial score (nSPS) is 10.7. The predicted octanol–water partition coefficient (Wildman–Crippen LogP) is 4.66. The van der Waals surface area contributed by atoms with Crippen LogP contribution < -0.4 is 5.32 Å². The Morgan fingerprint density at radius 1 is 1.10 bits per heavy atom. The molecule has 0 aliphatic rings. The number of nitrogens with one attached hydrogen (secondary N) is 1. The second-order valence-electron chi connectivity index (χ2n) is 5.96. The molecule has 9 heteroatoms. The number of carboxylic acid groups (broad SMARTS) is 1. The second-order valence-corrected chi connectivity index (χ2v) is 5.96. The fourth-order valence-corrected chi connectivity index (χ4v) is 2.43. The van der Waals surface area contributed by atoms with Gasteiger partial charge in [-0.2, -0.15) is 13.2 Å². The minimum Gasteiger partial charge on any atom is -0.475 e. The van der Waals surface area contributed by atoms with Crippen LogP contribution in [0, 0.1) is 0 Å². The zero-order chi connectivity index (χ0) is 22.1. The van der Waals surface area contributed by atoms with Crippen molar-refractivity contribution in [1.29, 1.82) is 0 Å². The Hall–Kier alpha value is -3.62. The summed E-state index contributed by atoms with van der Waals surface area (Å²) in [5.41, 5.74) is 1.71. The smallest absolute Gasteiger partial charge is 0.475 e. The number of fused-ring (bicyclic) bond motifs is 1. The predicted molar refractivity (Wildman–Crippen MR) is 105 cm³/mol. The van der Waals surface area contributed by atoms with Gasteiger partial charge in [0, 0.05) is 18.1 Å². The Labute approximate surface area is 170 Å². The zero-order valence-electron chi connectivity index (χ0n) is 15.9. The van der Waals surface area contributed by atoms with Crippen molar-refractivity contribution in [2.75, 3.05) is 11.9 Å². The highest BCUT2D eigenvalue weighted by Gasteiger charge is 2.38. The summed E-state index contributed by atoms with van der Waals surface area (Å²) in [6.07, 6.45) is -3.32. The Kier molecular flexibility index (Phi) is 7.74. The molecule has 3 rings (SSSR count). The molecule has 0 aliphatic heterocycles. The Balaban J connectivity index is 0.000000396. The number of carboxylic acids is 1. The summed E-state index contributed by atoms with van der Waals surface area (Å²) >= 11 is 0. The molecule has 6 nitrogen and oxygen atoms in total. The van der Waals surface area contributed by atoms with Crippen molar-refractivity contribution in [2.24, 2.45) is 0 Å². The first-order chi connectivity index (χ1) is 14.2. The third kappa shape index (κ3) is 6.47. The number of ether oxygens (including phenoxy) is 1. The van der Waals surface area contributed by atoms with Crippen LogP contribution in [0.1, 0.15) is 22.8 Å². The van der Waals surface area contributed by atoms with Crippen LogP contribution in [0.4, 0.5) is 19.0 Å². The summed E-state index contributed by atoms with van der Waals surface area (Å²) in [6.45, 7) is 2.84. The van der Waals surface area contributed by atoms with E-state index in [1.165, 1.54) is 5.56 Å². The lowest BCUT2D eigenvalue weighted by Gasteiger charge is -2.10. The van der Waals surface area contributed by atoms with Crippen LogP contribution in [0.15, 0.2) is 60.8 Å². The van der Waals surface area contributed by atoms with E-state index in [4.69, 9.17) is 14.6 Å². The maximum Gasteiger partial charge on any atom is 0.490 e. The van der Waals surface area contributed by atoms with E-state index in [0.29, 0.717) is 18.7 Å². The molecule has 0 atom stereocenters. The molecule has 1 aromatic heterocycles. The monoisotopic (exact) mass is 420 g/mol. The van der Waals surface area contributed by atoms with E-state index >= 15 is 0 Å². The van der Waals surface area contributed by atoms with Crippen LogP contribution in [-0.2, 0) is 16.1 Å². The molecule has 0 amide bonds. The van der Waals surface area contributed by atoms with Crippen molar-refractivity contribution in [3.05, 3.63) is 71.9 Å². The molecule has 3 aromatic rings. The Morgan fingerprint density at radius 3 is 2.37 bits per heavy atom. The van der Waals surface area contributed by atoms with E-state index in [1.54, 1.807) is 19.2 Å². The fourth-order valence-electron chi connectivity index (χ4n) is 2.43. The number of alkyl halides is 3. The van der Waals surface area contributed by atoms with E-state index in [9.17, 15) is 18.0 Å². The number of aromatic nitrogens is 1. The molecule has 0 fully saturated rings. The van der Waals surface area contributed by atoms with Crippen molar-refractivity contribution < 1.29 is 32.6 Å². The first kappa shape index (κ1) is 22.7. The largest absolute Gasteiger partial charge is 0.490 e. The first-order valence-electron chi connectivity index (χ1n) is 8.86. The van der Waals surface area contributed by atoms with Gasteiger partial charge < -0.3 is 15.2 Å². The lowest BCUT2D eigenvalue weighted by molar-refractivity contribution is -0.192. The molecule has 0 spiro atoms. The number of anilines is 1. The summed E-state index contributed by atoms with van der Waals surface area (Å²) in [7, 11) is 0. The van der Waals surface area contributed by atoms with E-state index in [0.717, 1.165) is 16.6 Å². The second kappa shape index (κ2) is 10.2. The lowest BCUT2D eigenvalue weighted by Crippen LogP contribution is -2.21. The van der Waals surface area contributed by atoms with Crippen LogP contribution in [0.3, 0.4) is 0 Å². The highest BCUT2D eigenvalue weighted by molar-refractivity contribution is 5.99. The van der Waals surface area contributed by atoms with E-state index in [1.807, 2.05) is 36.4 Å². The summed E-state index contributed by atoms with van der Waals surface area (Å²) < 4.78 is 36.8. The number of halogens is 3. The van der Waals surface area contributed by atoms with Crippen LogP contribution in [0.5, 0.6) is 0 Å². The highest BCUT2D eigenvalue weighted by atomic mass is 19.4. The van der Waals surface area contributed by atoms with Crippen molar-refractivity contribution in [3.63, 3.8) is 0 Å². The summed E-state index contributed by atoms with van der Waals surface area (Å²) in [5.74, 6) is -2.31. The van der Waals surface area contributed by atoms with Crippen LogP contribution >= 0.6 is 0 Å². The quantitative estimate of drug-likeness (QED) is 0.584. The molecule has 0 bridgehead atoms. The number of rotatable bonds is 5. The summed E-state index contributed by atoms with van der Waals surface area (Å²) in [5, 5.41) is 12.4. The number of carbonyl (C=O) groups excluding carboxylic acids is 1. The molecule has 2 aromatic carbocycles. The maximum atomic E-state index is 11.9. The van der Waals surface area contributed by atoms with Gasteiger partial charge in [0.25, 0.3) is 0 Å². The molecule has 0 unspecified atom stereocenters. The minimum absolute atomic E-state index is 0.313. The van der Waals surface area contributed by atoms with E-state index in [-0.39, 0.29) is 5.97 Å². The van der Waals surface area contributed by atoms with Crippen molar-refractivity contribution in [1.82, 2.24) is 4.98 Å². The third-order valence-corrected chi connectivity index (χ3v) is 3.82. The number of aliphatic carboxylic acids is 1. The summed E-state index contributed by atoms with van der Waals surface area (Å²) in [6, 6.07) is 17.6. The van der Waals surface area contributed by atoms with Gasteiger partial charge in [0.05, 0.1) is 12.2 Å². The molecule has 2 N–H and O–H groups in total. The SMILES string of the molecule is CCOC(=O)c1ccc2ccnc(NCc3ccccc3)c2c1.O=C(O)C(F)(F)F. The van der Waals surface area contributed by atoms with Crippen molar-refractivity contribution >= 4 is 28.5 Å². The highest BCUT2D eigenvalue weighted by Crippen LogP contribution is 2.23. The summed E-state index contributed by atoms with van der Waals surface area (Å²) in [4.78, 5) is 25.2. The van der Waals surface area contributed by atoms with Gasteiger partial charge in [-0.25, -0.2) is 14.6 Å². The topological polar surface area (TPSA) is 88.5 Å². The number of hydrogen-bond donors (Lipinski definition) is 2. The van der Waals surface area contributed by atoms with Gasteiger partial charge in [-0.3, -0.25) is 0 Å². The Morgan fingerprint density at radius 2 is 1.77 bits per heavy atom. The average molecular weight is 420 g/mol. The van der Waals surface area contributed by atoms with Gasteiger partial charge >= 0.3 is 18.1 Å². The molecule has 158 valence electrons. The number of carbonyl (C=O) groups is 2. The standard InChI is InChI=1S/C19H18N2O2.C2HF3O2/c1-2-23-19(22)16-9-8-15-10-11-20-18(17(15)12-16)21-13-14-6-4-3-5-7-14;3-2(4,5)1(6)7/h3-12H,2,13H2,1H3,(H,20,21);(H,6,7). The molecule has 30 heavy (non-hydrogen) atoms. The molecule has 0 saturated heterocycles. The molecular weight excluding hydrogens is 401 g/mol. The van der Waals surface area contributed by atoms with Crippen LogP contribution in [0.2, 0.25) is 0 Å². The minimum atomic E-state index is -5.08. The molecule has 0 saturated carbocycles. The van der Waals surface area contributed by atoms with Gasteiger partial charge in [0.15, 0.2) is 0 Å². The van der Waals surface area contributed by atoms with Gasteiger partial charge in [-0.1, -0.05) is 36.4 Å². The number of benzene rings is 2. The third-order valence-electron chi connectivity index (χ3n) is 3.82. The van der Waals surface area contributed by atoms with Crippen molar-refractivity contribution in [2.45, 2.75) is 19.6 Å². The number of esters is 1. The lowest BCUT2D eigenvalue weighted by atomic mass is 10.1. The first-order valence-corrected chi connectivity index (χ1v) is 8.86. The van der Waals surface area contributed by atoms with Crippen LogP contribution in [0.25, 0.3) is 10.8 Å². The number of hydrogen-bond acceptors (Lipinski definition) is 5. The average Bonchev–Trinajstić information content (AvgIpc) is 2.72. The molecular formula is C21H19F3N2O4. The van der Waals surface area contributed by atoms with E-state index in [2.05, 4.69) is 22.4 Å². The van der Waals surface area contributed by atoms with Gasteiger partial charge in [-0.05, 0) is 36.1 Å². The maximum absolute atomic E-state index is 11.9.